The summed E-state index contributed by atoms with van der Waals surface area (Å²) < 4.78 is 0. The minimum atomic E-state index is -1.33. The summed E-state index contributed by atoms with van der Waals surface area (Å²) >= 11 is 0. The number of aliphatic hydroxyl groups is 1. The van der Waals surface area contributed by atoms with Crippen LogP contribution in [0.3, 0.4) is 0 Å². The third-order valence-corrected chi connectivity index (χ3v) is 3.69. The molecule has 142 valence electrons. The van der Waals surface area contributed by atoms with Crippen molar-refractivity contribution in [2.24, 2.45) is 11.7 Å². The van der Waals surface area contributed by atoms with Gasteiger partial charge in [-0.25, -0.2) is 0 Å². The van der Waals surface area contributed by atoms with Crippen molar-refractivity contribution in [1.82, 2.24) is 10.6 Å². The van der Waals surface area contributed by atoms with Gasteiger partial charge in [-0.15, -0.1) is 12.4 Å². The van der Waals surface area contributed by atoms with Crippen molar-refractivity contribution in [1.29, 1.82) is 0 Å². The summed E-state index contributed by atoms with van der Waals surface area (Å²) in [5.74, 6) is -0.573. The van der Waals surface area contributed by atoms with E-state index in [4.69, 9.17) is 5.73 Å². The number of carbonyl (C=O) groups is 2. The van der Waals surface area contributed by atoms with Crippen LogP contribution in [0.5, 0.6) is 0 Å². The van der Waals surface area contributed by atoms with E-state index < -0.39 is 24.1 Å². The van der Waals surface area contributed by atoms with Gasteiger partial charge in [0, 0.05) is 6.54 Å². The van der Waals surface area contributed by atoms with Crippen molar-refractivity contribution in [2.45, 2.75) is 51.8 Å². The molecule has 0 saturated carbocycles. The highest BCUT2D eigenvalue weighted by Gasteiger charge is 2.29. The highest BCUT2D eigenvalue weighted by atomic mass is 35.5. The topological polar surface area (TPSA) is 104 Å². The van der Waals surface area contributed by atoms with Gasteiger partial charge in [-0.2, -0.15) is 0 Å². The Hall–Kier alpha value is -1.63. The fourth-order valence-corrected chi connectivity index (χ4v) is 2.48. The first-order valence-electron chi connectivity index (χ1n) is 8.40. The van der Waals surface area contributed by atoms with E-state index in [1.807, 2.05) is 44.2 Å². The quantitative estimate of drug-likeness (QED) is 0.520. The van der Waals surface area contributed by atoms with E-state index in [0.29, 0.717) is 19.4 Å². The molecule has 2 unspecified atom stereocenters. The Morgan fingerprint density at radius 3 is 2.28 bits per heavy atom. The third kappa shape index (κ3) is 8.34. The fraction of sp³-hybridized carbons (Fsp3) is 0.556. The number of nitrogens with one attached hydrogen (secondary N) is 2. The van der Waals surface area contributed by atoms with Gasteiger partial charge in [-0.3, -0.25) is 9.59 Å². The third-order valence-electron chi connectivity index (χ3n) is 3.69. The number of rotatable bonds is 9. The molecule has 0 aromatic heterocycles. The predicted molar refractivity (Wildman–Crippen MR) is 101 cm³/mol. The minimum absolute atomic E-state index is 0. The lowest BCUT2D eigenvalue weighted by molar-refractivity contribution is -0.132. The van der Waals surface area contributed by atoms with Crippen LogP contribution >= 0.6 is 12.4 Å². The van der Waals surface area contributed by atoms with Crippen molar-refractivity contribution in [3.63, 3.8) is 0 Å². The second-order valence-corrected chi connectivity index (χ2v) is 6.38. The normalized spacial score (nSPS) is 14.2. The largest absolute Gasteiger partial charge is 0.381 e. The van der Waals surface area contributed by atoms with Gasteiger partial charge in [0.25, 0.3) is 5.91 Å². The zero-order valence-electron chi connectivity index (χ0n) is 15.1. The van der Waals surface area contributed by atoms with Crippen LogP contribution in [0.25, 0.3) is 0 Å². The van der Waals surface area contributed by atoms with Gasteiger partial charge in [0.15, 0.2) is 6.10 Å². The maximum Gasteiger partial charge on any atom is 0.250 e. The molecule has 0 aliphatic carbocycles. The molecule has 1 rings (SSSR count). The molecule has 0 fully saturated rings. The number of amides is 2. The van der Waals surface area contributed by atoms with Gasteiger partial charge in [-0.1, -0.05) is 44.2 Å². The average Bonchev–Trinajstić information content (AvgIpc) is 2.54. The number of aliphatic hydroxyl groups excluding tert-OH is 1. The molecule has 25 heavy (non-hydrogen) atoms. The molecule has 0 aliphatic rings. The van der Waals surface area contributed by atoms with Crippen molar-refractivity contribution in [3.05, 3.63) is 35.9 Å². The Morgan fingerprint density at radius 2 is 1.76 bits per heavy atom. The van der Waals surface area contributed by atoms with Gasteiger partial charge in [0.1, 0.15) is 0 Å². The number of nitrogens with two attached hydrogens (primary N) is 1. The Bertz CT molecular complexity index is 526. The van der Waals surface area contributed by atoms with Crippen LogP contribution in [-0.2, 0) is 16.0 Å². The van der Waals surface area contributed by atoms with Crippen LogP contribution in [0, 0.1) is 5.92 Å². The molecule has 1 aromatic rings. The molecule has 5 N–H and O–H groups in total. The van der Waals surface area contributed by atoms with Crippen LogP contribution in [-0.4, -0.2) is 41.7 Å². The molecule has 0 saturated heterocycles. The standard InChI is InChI=1S/C18H29N3O3.ClH/c1-4-20-18(24)16(22)15(11-13-8-6-5-7-9-13)21-17(23)14(19)10-12(2)3;/h5-9,12,14-16,22H,4,10-11,19H2,1-3H3,(H,20,24)(H,21,23);1H/t14-,15?,16?;/m0./s1. The SMILES string of the molecule is CCNC(=O)C(O)C(Cc1ccccc1)NC(=O)[C@@H](N)CC(C)C.Cl. The molecule has 0 spiro atoms. The van der Waals surface area contributed by atoms with E-state index in [2.05, 4.69) is 10.6 Å². The summed E-state index contributed by atoms with van der Waals surface area (Å²) in [6, 6.07) is 8.01. The number of likely N-dealkylation sites (N-methyl/N-ethyl adjacent to an activating group) is 1. The van der Waals surface area contributed by atoms with E-state index in [1.165, 1.54) is 0 Å². The Kier molecular flexibility index (Phi) is 11.1. The van der Waals surface area contributed by atoms with E-state index in [9.17, 15) is 14.7 Å². The van der Waals surface area contributed by atoms with Crippen molar-refractivity contribution >= 4 is 24.2 Å². The first-order valence-corrected chi connectivity index (χ1v) is 8.40. The smallest absolute Gasteiger partial charge is 0.250 e. The number of halogens is 1. The average molecular weight is 372 g/mol. The number of benzene rings is 1. The summed E-state index contributed by atoms with van der Waals surface area (Å²) in [4.78, 5) is 24.2. The van der Waals surface area contributed by atoms with Crippen molar-refractivity contribution in [2.75, 3.05) is 6.54 Å². The lowest BCUT2D eigenvalue weighted by atomic mass is 9.99. The van der Waals surface area contributed by atoms with E-state index >= 15 is 0 Å². The van der Waals surface area contributed by atoms with Gasteiger partial charge in [0.2, 0.25) is 5.91 Å². The highest BCUT2D eigenvalue weighted by molar-refractivity contribution is 5.85. The molecule has 1 aromatic carbocycles. The zero-order valence-corrected chi connectivity index (χ0v) is 15.9. The Morgan fingerprint density at radius 1 is 1.16 bits per heavy atom. The van der Waals surface area contributed by atoms with Gasteiger partial charge in [0.05, 0.1) is 12.1 Å². The number of hydrogen-bond donors (Lipinski definition) is 4. The Balaban J connectivity index is 0.00000576. The van der Waals surface area contributed by atoms with E-state index in [1.54, 1.807) is 6.92 Å². The molecular weight excluding hydrogens is 342 g/mol. The summed E-state index contributed by atoms with van der Waals surface area (Å²) in [5, 5.41) is 15.6. The summed E-state index contributed by atoms with van der Waals surface area (Å²) in [7, 11) is 0. The maximum absolute atomic E-state index is 12.3. The van der Waals surface area contributed by atoms with Crippen LogP contribution in [0.1, 0.15) is 32.8 Å². The fourth-order valence-electron chi connectivity index (χ4n) is 2.48. The lowest BCUT2D eigenvalue weighted by Gasteiger charge is -2.25. The minimum Gasteiger partial charge on any atom is -0.381 e. The molecule has 7 heteroatoms. The molecule has 0 heterocycles. The van der Waals surface area contributed by atoms with Crippen molar-refractivity contribution < 1.29 is 14.7 Å². The van der Waals surface area contributed by atoms with Gasteiger partial charge < -0.3 is 21.5 Å². The van der Waals surface area contributed by atoms with E-state index in [0.717, 1.165) is 5.56 Å². The first kappa shape index (κ1) is 23.4. The molecule has 0 radical (unpaired) electrons. The van der Waals surface area contributed by atoms with Crippen LogP contribution in [0.4, 0.5) is 0 Å². The Labute approximate surface area is 156 Å². The van der Waals surface area contributed by atoms with Crippen molar-refractivity contribution in [3.8, 4) is 0 Å². The highest BCUT2D eigenvalue weighted by Crippen LogP contribution is 2.09. The van der Waals surface area contributed by atoms with Crippen LogP contribution in [0.15, 0.2) is 30.3 Å². The molecule has 0 aliphatic heterocycles. The monoisotopic (exact) mass is 371 g/mol. The maximum atomic E-state index is 12.3. The number of hydrogen-bond acceptors (Lipinski definition) is 4. The van der Waals surface area contributed by atoms with Crippen LogP contribution in [0.2, 0.25) is 0 Å². The second-order valence-electron chi connectivity index (χ2n) is 6.38. The molecule has 3 atom stereocenters. The van der Waals surface area contributed by atoms with Gasteiger partial charge in [-0.05, 0) is 31.2 Å². The molecule has 0 bridgehead atoms. The van der Waals surface area contributed by atoms with Crippen LogP contribution < -0.4 is 16.4 Å². The van der Waals surface area contributed by atoms with E-state index in [-0.39, 0.29) is 24.2 Å². The lowest BCUT2D eigenvalue weighted by Crippen LogP contribution is -2.55. The molecule has 2 amide bonds. The number of carbonyl (C=O) groups excluding carboxylic acids is 2. The second kappa shape index (κ2) is 11.8. The zero-order chi connectivity index (χ0) is 18.1. The van der Waals surface area contributed by atoms with Gasteiger partial charge >= 0.3 is 0 Å². The predicted octanol–water partition coefficient (Wildman–Crippen LogP) is 1.01. The summed E-state index contributed by atoms with van der Waals surface area (Å²) in [6.07, 6.45) is -0.444. The summed E-state index contributed by atoms with van der Waals surface area (Å²) in [6.45, 7) is 6.15. The molecule has 6 nitrogen and oxygen atoms in total. The first-order chi connectivity index (χ1) is 11.3. The molecular formula is C18H30ClN3O3. The summed E-state index contributed by atoms with van der Waals surface area (Å²) in [5.41, 5.74) is 6.82.